The normalized spacial score (nSPS) is 10.8. The van der Waals surface area contributed by atoms with E-state index in [2.05, 4.69) is 5.10 Å². The number of likely N-dealkylation sites (N-methyl/N-ethyl adjacent to an activating group) is 1. The lowest BCUT2D eigenvalue weighted by Crippen LogP contribution is -2.30. The Labute approximate surface area is 204 Å². The number of hydrogen-bond donors (Lipinski definition) is 0. The molecule has 6 nitrogen and oxygen atoms in total. The number of amides is 1. The molecular formula is C28H28FN3O3. The molecule has 0 unspecified atom stereocenters. The summed E-state index contributed by atoms with van der Waals surface area (Å²) in [6, 6.07) is 21.5. The minimum absolute atomic E-state index is 0.206. The van der Waals surface area contributed by atoms with E-state index >= 15 is 0 Å². The third kappa shape index (κ3) is 5.19. The van der Waals surface area contributed by atoms with Gasteiger partial charge in [0.05, 0.1) is 25.6 Å². The van der Waals surface area contributed by atoms with Crippen LogP contribution < -0.4 is 9.47 Å². The van der Waals surface area contributed by atoms with Crippen LogP contribution in [0.25, 0.3) is 16.9 Å². The average Bonchev–Trinajstić information content (AvgIpc) is 3.32. The molecule has 0 aliphatic rings. The van der Waals surface area contributed by atoms with E-state index in [1.807, 2.05) is 49.4 Å². The molecule has 0 aliphatic carbocycles. The van der Waals surface area contributed by atoms with Crippen LogP contribution in [0.2, 0.25) is 0 Å². The first-order valence-electron chi connectivity index (χ1n) is 11.3. The molecule has 0 atom stereocenters. The summed E-state index contributed by atoms with van der Waals surface area (Å²) in [6.45, 7) is 2.45. The maximum Gasteiger partial charge on any atom is 0.272 e. The zero-order valence-electron chi connectivity index (χ0n) is 20.3. The monoisotopic (exact) mass is 473 g/mol. The smallest absolute Gasteiger partial charge is 0.272 e. The van der Waals surface area contributed by atoms with Crippen LogP contribution in [0.4, 0.5) is 4.39 Å². The molecule has 4 aromatic rings. The minimum atomic E-state index is -0.387. The van der Waals surface area contributed by atoms with E-state index in [0.717, 1.165) is 16.8 Å². The van der Waals surface area contributed by atoms with Crippen molar-refractivity contribution in [2.24, 2.45) is 0 Å². The highest BCUT2D eigenvalue weighted by Gasteiger charge is 2.22. The summed E-state index contributed by atoms with van der Waals surface area (Å²) in [7, 11) is 4.94. The maximum atomic E-state index is 14.5. The number of ether oxygens (including phenoxy) is 2. The fourth-order valence-electron chi connectivity index (χ4n) is 3.92. The van der Waals surface area contributed by atoms with Crippen molar-refractivity contribution < 1.29 is 18.7 Å². The number of benzene rings is 3. The molecule has 0 saturated heterocycles. The van der Waals surface area contributed by atoms with Gasteiger partial charge >= 0.3 is 0 Å². The van der Waals surface area contributed by atoms with Crippen molar-refractivity contribution in [1.29, 1.82) is 0 Å². The maximum absolute atomic E-state index is 14.5. The number of carbonyl (C=O) groups excluding carboxylic acids is 1. The Morgan fingerprint density at radius 3 is 2.46 bits per heavy atom. The van der Waals surface area contributed by atoms with Crippen LogP contribution in [0.15, 0.2) is 72.8 Å². The summed E-state index contributed by atoms with van der Waals surface area (Å²) in [5.74, 6) is 0.707. The molecule has 0 N–H and O–H groups in total. The number of aryl methyl sites for hydroxylation is 1. The molecule has 180 valence electrons. The van der Waals surface area contributed by atoms with Gasteiger partial charge in [0, 0.05) is 19.2 Å². The number of halogens is 1. The Balaban J connectivity index is 1.63. The van der Waals surface area contributed by atoms with Crippen molar-refractivity contribution in [1.82, 2.24) is 14.7 Å². The quantitative estimate of drug-likeness (QED) is 0.348. The van der Waals surface area contributed by atoms with Crippen molar-refractivity contribution in [3.8, 4) is 28.4 Å². The van der Waals surface area contributed by atoms with Crippen LogP contribution in [0.1, 0.15) is 21.6 Å². The topological polar surface area (TPSA) is 56.6 Å². The molecule has 1 aromatic heterocycles. The van der Waals surface area contributed by atoms with Crippen LogP contribution in [0.3, 0.4) is 0 Å². The Kier molecular flexibility index (Phi) is 7.15. The van der Waals surface area contributed by atoms with Crippen LogP contribution in [-0.4, -0.2) is 48.4 Å². The minimum Gasteiger partial charge on any atom is -0.493 e. The van der Waals surface area contributed by atoms with Crippen LogP contribution >= 0.6 is 0 Å². The van der Waals surface area contributed by atoms with E-state index in [1.54, 1.807) is 55.1 Å². The number of carbonyl (C=O) groups is 1. The summed E-state index contributed by atoms with van der Waals surface area (Å²) >= 11 is 0. The molecule has 0 aliphatic heterocycles. The van der Waals surface area contributed by atoms with Gasteiger partial charge in [-0.25, -0.2) is 9.07 Å². The molecule has 1 amide bonds. The number of rotatable bonds is 8. The summed E-state index contributed by atoms with van der Waals surface area (Å²) in [5.41, 5.74) is 3.90. The highest BCUT2D eigenvalue weighted by Crippen LogP contribution is 2.28. The van der Waals surface area contributed by atoms with Gasteiger partial charge in [0.2, 0.25) is 0 Å². The zero-order chi connectivity index (χ0) is 24.9. The molecule has 3 aromatic carbocycles. The summed E-state index contributed by atoms with van der Waals surface area (Å²) in [4.78, 5) is 15.2. The van der Waals surface area contributed by atoms with Crippen LogP contribution in [0.5, 0.6) is 11.5 Å². The standard InChI is InChI=1S/C28H28FN3O3/c1-19-8-7-9-21(16-19)32-25(18-24(30-32)22-10-5-6-11-23(22)29)28(33)31(2)15-14-20-12-13-26(34-3)27(17-20)35-4/h5-13,16-18H,14-15H2,1-4H3. The summed E-state index contributed by atoms with van der Waals surface area (Å²) in [6.07, 6.45) is 0.626. The highest BCUT2D eigenvalue weighted by atomic mass is 19.1. The van der Waals surface area contributed by atoms with E-state index in [-0.39, 0.29) is 11.7 Å². The molecule has 0 fully saturated rings. The highest BCUT2D eigenvalue weighted by molar-refractivity contribution is 5.94. The van der Waals surface area contributed by atoms with E-state index in [0.29, 0.717) is 41.4 Å². The van der Waals surface area contributed by atoms with Gasteiger partial charge in [-0.1, -0.05) is 30.3 Å². The fourth-order valence-corrected chi connectivity index (χ4v) is 3.92. The first-order valence-corrected chi connectivity index (χ1v) is 11.3. The van der Waals surface area contributed by atoms with Gasteiger partial charge in [-0.05, 0) is 66.9 Å². The molecule has 7 heteroatoms. The second kappa shape index (κ2) is 10.4. The second-order valence-electron chi connectivity index (χ2n) is 8.31. The molecular weight excluding hydrogens is 445 g/mol. The first kappa shape index (κ1) is 24.0. The summed E-state index contributed by atoms with van der Waals surface area (Å²) in [5, 5.41) is 4.61. The Bertz CT molecular complexity index is 1350. The van der Waals surface area contributed by atoms with Crippen molar-refractivity contribution in [2.75, 3.05) is 27.8 Å². The molecule has 0 spiro atoms. The van der Waals surface area contributed by atoms with Gasteiger partial charge < -0.3 is 14.4 Å². The third-order valence-corrected chi connectivity index (χ3v) is 5.86. The molecule has 1 heterocycles. The van der Waals surface area contributed by atoms with Gasteiger partial charge in [0.25, 0.3) is 5.91 Å². The molecule has 0 radical (unpaired) electrons. The zero-order valence-corrected chi connectivity index (χ0v) is 20.3. The third-order valence-electron chi connectivity index (χ3n) is 5.86. The summed E-state index contributed by atoms with van der Waals surface area (Å²) < 4.78 is 26.8. The van der Waals surface area contributed by atoms with Crippen LogP contribution in [0, 0.1) is 12.7 Å². The molecule has 35 heavy (non-hydrogen) atoms. The number of hydrogen-bond acceptors (Lipinski definition) is 4. The average molecular weight is 474 g/mol. The first-order chi connectivity index (χ1) is 16.9. The molecule has 4 rings (SSSR count). The van der Waals surface area contributed by atoms with Gasteiger partial charge in [0.1, 0.15) is 11.5 Å². The fraction of sp³-hybridized carbons (Fsp3) is 0.214. The lowest BCUT2D eigenvalue weighted by atomic mass is 10.1. The van der Waals surface area contributed by atoms with Gasteiger partial charge in [0.15, 0.2) is 11.5 Å². The lowest BCUT2D eigenvalue weighted by Gasteiger charge is -2.18. The van der Waals surface area contributed by atoms with Crippen molar-refractivity contribution in [3.05, 3.63) is 95.4 Å². The predicted octanol–water partition coefficient (Wildman–Crippen LogP) is 5.32. The van der Waals surface area contributed by atoms with E-state index in [9.17, 15) is 9.18 Å². The number of methoxy groups -OCH3 is 2. The lowest BCUT2D eigenvalue weighted by molar-refractivity contribution is 0.0787. The SMILES string of the molecule is COc1ccc(CCN(C)C(=O)c2cc(-c3ccccc3F)nn2-c2cccc(C)c2)cc1OC. The van der Waals surface area contributed by atoms with Gasteiger partial charge in [-0.2, -0.15) is 5.10 Å². The predicted molar refractivity (Wildman–Crippen MR) is 134 cm³/mol. The second-order valence-corrected chi connectivity index (χ2v) is 8.31. The van der Waals surface area contributed by atoms with Gasteiger partial charge in [-0.15, -0.1) is 0 Å². The Morgan fingerprint density at radius 2 is 1.74 bits per heavy atom. The van der Waals surface area contributed by atoms with E-state index < -0.39 is 0 Å². The van der Waals surface area contributed by atoms with Gasteiger partial charge in [-0.3, -0.25) is 4.79 Å². The van der Waals surface area contributed by atoms with Crippen molar-refractivity contribution in [3.63, 3.8) is 0 Å². The van der Waals surface area contributed by atoms with E-state index in [1.165, 1.54) is 6.07 Å². The Hall–Kier alpha value is -4.13. The number of aromatic nitrogens is 2. The largest absolute Gasteiger partial charge is 0.493 e. The molecule has 0 bridgehead atoms. The van der Waals surface area contributed by atoms with Crippen molar-refractivity contribution >= 4 is 5.91 Å². The molecule has 0 saturated carbocycles. The Morgan fingerprint density at radius 1 is 0.971 bits per heavy atom. The van der Waals surface area contributed by atoms with Crippen LogP contribution in [-0.2, 0) is 6.42 Å². The van der Waals surface area contributed by atoms with Crippen molar-refractivity contribution in [2.45, 2.75) is 13.3 Å². The van der Waals surface area contributed by atoms with E-state index in [4.69, 9.17) is 9.47 Å². The number of nitrogens with zero attached hydrogens (tertiary/aromatic N) is 3.